The van der Waals surface area contributed by atoms with Crippen LogP contribution in [0.3, 0.4) is 0 Å². The first-order chi connectivity index (χ1) is 30.6. The Bertz CT molecular complexity index is 2930. The van der Waals surface area contributed by atoms with Gasteiger partial charge in [0, 0.05) is 63.2 Å². The van der Waals surface area contributed by atoms with Crippen LogP contribution in [-0.2, 0) is 27.1 Å². The Morgan fingerprint density at radius 2 is 1.05 bits per heavy atom. The fraction of sp³-hybridized carbons (Fsp3) is 0.393. The van der Waals surface area contributed by atoms with Crippen molar-refractivity contribution in [3.05, 3.63) is 167 Å². The molecule has 0 radical (unpaired) electrons. The van der Waals surface area contributed by atoms with E-state index in [9.17, 15) is 0 Å². The van der Waals surface area contributed by atoms with Crippen LogP contribution in [0.5, 0.6) is 11.5 Å². The van der Waals surface area contributed by atoms with Gasteiger partial charge in [0.05, 0.1) is 17.7 Å². The average Bonchev–Trinajstić information content (AvgIpc) is 3.83. The molecule has 0 amide bonds. The lowest BCUT2D eigenvalue weighted by Gasteiger charge is -2.34. The number of hydrogen-bond acceptors (Lipinski definition) is 4. The Kier molecular flexibility index (Phi) is 11.5. The molecule has 0 fully saturated rings. The summed E-state index contributed by atoms with van der Waals surface area (Å²) in [4.78, 5) is 10.0. The molecular formula is C61H74N4O. The van der Waals surface area contributed by atoms with Crippen molar-refractivity contribution < 1.29 is 4.74 Å². The highest BCUT2D eigenvalue weighted by Crippen LogP contribution is 2.46. The zero-order chi connectivity index (χ0) is 47.9. The molecule has 0 bridgehead atoms. The Morgan fingerprint density at radius 3 is 1.65 bits per heavy atom. The van der Waals surface area contributed by atoms with Crippen molar-refractivity contribution in [2.45, 2.75) is 145 Å². The lowest BCUT2D eigenvalue weighted by molar-refractivity contribution is 0.476. The number of allylic oxidation sites excluding steroid dienone is 1. The first-order valence-corrected chi connectivity index (χ1v) is 24.0. The van der Waals surface area contributed by atoms with Crippen LogP contribution in [-0.4, -0.2) is 16.2 Å². The van der Waals surface area contributed by atoms with Gasteiger partial charge in [-0.15, -0.1) is 0 Å². The standard InChI is InChI=1S/C61H74N4O/c1-56(2,3)42-29-43(57(4,5)6)32-46(31-42)64-39-63(38-53(64)60(13,14)15)45-30-44(58(7,8)9)33-47(35-45)66-48-36-50(59(10,11)12)55-49-25-21-22-26-51(49)65(52(55)37-48)54-34-41(27-28-62-54)61(16,17)40-23-19-18-20-24-40/h18-38H,39H2,1-17H3. The summed E-state index contributed by atoms with van der Waals surface area (Å²) in [5, 5.41) is 2.43. The lowest BCUT2D eigenvalue weighted by Crippen LogP contribution is -2.31. The minimum Gasteiger partial charge on any atom is -0.457 e. The molecule has 0 N–H and O–H groups in total. The highest BCUT2D eigenvalue weighted by atomic mass is 16.5. The van der Waals surface area contributed by atoms with Crippen LogP contribution >= 0.6 is 0 Å². The number of nitrogens with zero attached hydrogens (tertiary/aromatic N) is 4. The van der Waals surface area contributed by atoms with Crippen LogP contribution in [0, 0.1) is 5.41 Å². The van der Waals surface area contributed by atoms with E-state index in [1.807, 2.05) is 6.20 Å². The van der Waals surface area contributed by atoms with Gasteiger partial charge in [-0.05, 0) is 104 Å². The molecule has 66 heavy (non-hydrogen) atoms. The molecule has 1 aliphatic rings. The molecular weight excluding hydrogens is 805 g/mol. The maximum absolute atomic E-state index is 7.20. The van der Waals surface area contributed by atoms with E-state index in [1.54, 1.807) is 0 Å². The largest absolute Gasteiger partial charge is 0.457 e. The number of para-hydroxylation sites is 1. The molecule has 5 heteroatoms. The number of ether oxygens (including phenoxy) is 1. The summed E-state index contributed by atoms with van der Waals surface area (Å²) in [5.74, 6) is 2.51. The van der Waals surface area contributed by atoms with Crippen LogP contribution in [0.2, 0.25) is 0 Å². The molecule has 3 heterocycles. The molecule has 7 aromatic rings. The van der Waals surface area contributed by atoms with Crippen molar-refractivity contribution in [3.8, 4) is 17.3 Å². The van der Waals surface area contributed by atoms with Crippen molar-refractivity contribution >= 4 is 33.2 Å². The van der Waals surface area contributed by atoms with E-state index >= 15 is 0 Å². The van der Waals surface area contributed by atoms with Crippen LogP contribution in [0.15, 0.2) is 133 Å². The van der Waals surface area contributed by atoms with Crippen LogP contribution in [0.25, 0.3) is 27.6 Å². The number of aromatic nitrogens is 2. The number of rotatable bonds is 7. The van der Waals surface area contributed by atoms with Crippen molar-refractivity contribution in [2.75, 3.05) is 16.5 Å². The summed E-state index contributed by atoms with van der Waals surface area (Å²) in [7, 11) is 0. The average molecular weight is 879 g/mol. The Labute approximate surface area is 396 Å². The minimum absolute atomic E-state index is 0.0123. The van der Waals surface area contributed by atoms with E-state index in [0.29, 0.717) is 6.67 Å². The monoisotopic (exact) mass is 879 g/mol. The predicted octanol–water partition coefficient (Wildman–Crippen LogP) is 16.7. The van der Waals surface area contributed by atoms with Gasteiger partial charge in [-0.1, -0.05) is 172 Å². The van der Waals surface area contributed by atoms with Crippen molar-refractivity contribution in [2.24, 2.45) is 5.41 Å². The third-order valence-electron chi connectivity index (χ3n) is 13.7. The molecule has 0 unspecified atom stereocenters. The van der Waals surface area contributed by atoms with E-state index in [0.717, 1.165) is 34.0 Å². The molecule has 5 nitrogen and oxygen atoms in total. The van der Waals surface area contributed by atoms with E-state index < -0.39 is 0 Å². The summed E-state index contributed by atoms with van der Waals surface area (Å²) in [6.45, 7) is 39.9. The Morgan fingerprint density at radius 1 is 0.470 bits per heavy atom. The predicted molar refractivity (Wildman–Crippen MR) is 282 cm³/mol. The van der Waals surface area contributed by atoms with Gasteiger partial charge >= 0.3 is 0 Å². The van der Waals surface area contributed by atoms with E-state index in [2.05, 4.69) is 254 Å². The maximum atomic E-state index is 7.20. The van der Waals surface area contributed by atoms with E-state index in [4.69, 9.17) is 9.72 Å². The summed E-state index contributed by atoms with van der Waals surface area (Å²) in [5.41, 5.74) is 12.9. The molecule has 0 saturated heterocycles. The third-order valence-corrected chi connectivity index (χ3v) is 13.7. The van der Waals surface area contributed by atoms with Gasteiger partial charge in [0.25, 0.3) is 0 Å². The number of fused-ring (bicyclic) bond motifs is 3. The minimum atomic E-state index is -0.223. The fourth-order valence-electron chi connectivity index (χ4n) is 9.39. The topological polar surface area (TPSA) is 33.5 Å². The van der Waals surface area contributed by atoms with Crippen molar-refractivity contribution in [1.29, 1.82) is 0 Å². The lowest BCUT2D eigenvalue weighted by atomic mass is 9.78. The molecule has 0 atom stereocenters. The summed E-state index contributed by atoms with van der Waals surface area (Å²) < 4.78 is 9.54. The number of benzene rings is 5. The van der Waals surface area contributed by atoms with Gasteiger partial charge in [-0.3, -0.25) is 4.57 Å². The smallest absolute Gasteiger partial charge is 0.137 e. The Hall–Kier alpha value is -5.81. The van der Waals surface area contributed by atoms with Crippen molar-refractivity contribution in [3.63, 3.8) is 0 Å². The second kappa shape index (κ2) is 16.2. The number of pyridine rings is 1. The molecule has 5 aromatic carbocycles. The highest BCUT2D eigenvalue weighted by Gasteiger charge is 2.34. The second-order valence-corrected chi connectivity index (χ2v) is 24.5. The quantitative estimate of drug-likeness (QED) is 0.160. The molecule has 8 rings (SSSR count). The number of hydrogen-bond donors (Lipinski definition) is 0. The van der Waals surface area contributed by atoms with E-state index in [-0.39, 0.29) is 32.5 Å². The third kappa shape index (κ3) is 9.03. The van der Waals surface area contributed by atoms with Crippen LogP contribution in [0.4, 0.5) is 11.4 Å². The molecule has 0 saturated carbocycles. The van der Waals surface area contributed by atoms with E-state index in [1.165, 1.54) is 55.5 Å². The molecule has 0 aliphatic carbocycles. The van der Waals surface area contributed by atoms with Gasteiger partial charge in [0.2, 0.25) is 0 Å². The van der Waals surface area contributed by atoms with Gasteiger partial charge in [-0.25, -0.2) is 4.98 Å². The summed E-state index contributed by atoms with van der Waals surface area (Å²) in [6, 6.07) is 42.5. The fourth-order valence-corrected chi connectivity index (χ4v) is 9.39. The molecule has 344 valence electrons. The maximum Gasteiger partial charge on any atom is 0.137 e. The Balaban J connectivity index is 1.26. The van der Waals surface area contributed by atoms with Gasteiger partial charge < -0.3 is 14.5 Å². The van der Waals surface area contributed by atoms with Gasteiger partial charge in [0.1, 0.15) is 17.3 Å². The summed E-state index contributed by atoms with van der Waals surface area (Å²) >= 11 is 0. The van der Waals surface area contributed by atoms with Crippen LogP contribution < -0.4 is 14.5 Å². The normalized spacial score (nSPS) is 14.4. The zero-order valence-corrected chi connectivity index (χ0v) is 43.0. The number of anilines is 2. The van der Waals surface area contributed by atoms with Gasteiger partial charge in [-0.2, -0.15) is 0 Å². The zero-order valence-electron chi connectivity index (χ0n) is 43.0. The first-order valence-electron chi connectivity index (χ1n) is 24.0. The molecule has 2 aromatic heterocycles. The highest BCUT2D eigenvalue weighted by molar-refractivity contribution is 6.11. The molecule has 1 aliphatic heterocycles. The first kappa shape index (κ1) is 46.7. The van der Waals surface area contributed by atoms with Crippen LogP contribution in [0.1, 0.15) is 151 Å². The SMILES string of the molecule is CC(C)(C)C1=CN(c2cc(Oc3cc(C(C)(C)C)c4c5ccccc5n(-c5cc(C(C)(C)c6ccccc6)ccn5)c4c3)cc(C(C)(C)C)c2)CN1c1cc(C(C)(C)C)cc(C(C)(C)C)c1. The summed E-state index contributed by atoms with van der Waals surface area (Å²) in [6.07, 6.45) is 4.33. The second-order valence-electron chi connectivity index (χ2n) is 24.5. The van der Waals surface area contributed by atoms with Crippen molar-refractivity contribution in [1.82, 2.24) is 9.55 Å². The molecule has 0 spiro atoms. The van der Waals surface area contributed by atoms with Gasteiger partial charge in [0.15, 0.2) is 0 Å².